The van der Waals surface area contributed by atoms with Crippen LogP contribution in [-0.4, -0.2) is 0 Å². The van der Waals surface area contributed by atoms with Gasteiger partial charge in [-0.05, 0) is 54.6 Å². The predicted octanol–water partition coefficient (Wildman–Crippen LogP) is 7.82. The van der Waals surface area contributed by atoms with Crippen LogP contribution < -0.4 is 4.90 Å². The number of halogens is 1. The summed E-state index contributed by atoms with van der Waals surface area (Å²) in [5, 5.41) is 2.24. The topological polar surface area (TPSA) is 16.4 Å². The van der Waals surface area contributed by atoms with Crippen LogP contribution in [0, 0.1) is 0 Å². The summed E-state index contributed by atoms with van der Waals surface area (Å²) in [4.78, 5) is 2.24. The standard InChI is InChI=1S/C24H16BrNO/c25-17-11-14-23-22(15-17)21-13-12-20(16-24(21)27-23)26(18-7-3-1-4-8-18)19-9-5-2-6-10-19/h1-16H. The van der Waals surface area contributed by atoms with E-state index in [-0.39, 0.29) is 0 Å². The maximum absolute atomic E-state index is 6.12. The highest BCUT2D eigenvalue weighted by atomic mass is 79.9. The Hall–Kier alpha value is -3.04. The third kappa shape index (κ3) is 2.90. The molecule has 0 atom stereocenters. The first kappa shape index (κ1) is 16.2. The summed E-state index contributed by atoms with van der Waals surface area (Å²) in [7, 11) is 0. The van der Waals surface area contributed by atoms with E-state index in [0.29, 0.717) is 0 Å². The minimum atomic E-state index is 0.887. The number of furan rings is 1. The summed E-state index contributed by atoms with van der Waals surface area (Å²) in [6.45, 7) is 0. The number of anilines is 3. The van der Waals surface area contributed by atoms with Crippen molar-refractivity contribution in [3.05, 3.63) is 102 Å². The molecule has 0 radical (unpaired) electrons. The first-order valence-corrected chi connectivity index (χ1v) is 9.61. The van der Waals surface area contributed by atoms with Gasteiger partial charge < -0.3 is 9.32 Å². The van der Waals surface area contributed by atoms with Crippen molar-refractivity contribution in [2.24, 2.45) is 0 Å². The van der Waals surface area contributed by atoms with Gasteiger partial charge in [0.25, 0.3) is 0 Å². The lowest BCUT2D eigenvalue weighted by Gasteiger charge is -2.25. The van der Waals surface area contributed by atoms with E-state index < -0.39 is 0 Å². The monoisotopic (exact) mass is 413 g/mol. The van der Waals surface area contributed by atoms with E-state index in [1.54, 1.807) is 0 Å². The second-order valence-corrected chi connectivity index (χ2v) is 7.35. The molecule has 130 valence electrons. The Morgan fingerprint density at radius 1 is 0.556 bits per heavy atom. The Balaban J connectivity index is 1.72. The Bertz CT molecular complexity index is 1190. The lowest BCUT2D eigenvalue weighted by molar-refractivity contribution is 0.669. The van der Waals surface area contributed by atoms with Gasteiger partial charge in [-0.2, -0.15) is 0 Å². The van der Waals surface area contributed by atoms with Crippen LogP contribution >= 0.6 is 15.9 Å². The number of hydrogen-bond acceptors (Lipinski definition) is 2. The Morgan fingerprint density at radius 2 is 1.22 bits per heavy atom. The molecule has 0 amide bonds. The van der Waals surface area contributed by atoms with Gasteiger partial charge in [-0.25, -0.2) is 0 Å². The molecule has 0 aliphatic carbocycles. The fraction of sp³-hybridized carbons (Fsp3) is 0. The molecular weight excluding hydrogens is 398 g/mol. The zero-order chi connectivity index (χ0) is 18.2. The van der Waals surface area contributed by atoms with Gasteiger partial charge in [0.15, 0.2) is 0 Å². The molecule has 0 fully saturated rings. The van der Waals surface area contributed by atoms with Crippen LogP contribution in [0.5, 0.6) is 0 Å². The average Bonchev–Trinajstić information content (AvgIpc) is 3.07. The maximum Gasteiger partial charge on any atom is 0.137 e. The van der Waals surface area contributed by atoms with E-state index in [4.69, 9.17) is 4.42 Å². The second kappa shape index (κ2) is 6.60. The lowest BCUT2D eigenvalue weighted by atomic mass is 10.1. The molecule has 0 bridgehead atoms. The summed E-state index contributed by atoms with van der Waals surface area (Å²) >= 11 is 3.55. The summed E-state index contributed by atoms with van der Waals surface area (Å²) in [6, 6.07) is 33.3. The summed E-state index contributed by atoms with van der Waals surface area (Å²) in [5.74, 6) is 0. The number of fused-ring (bicyclic) bond motifs is 3. The van der Waals surface area contributed by atoms with E-state index >= 15 is 0 Å². The van der Waals surface area contributed by atoms with Crippen LogP contribution in [0.1, 0.15) is 0 Å². The van der Waals surface area contributed by atoms with Gasteiger partial charge in [0.05, 0.1) is 0 Å². The predicted molar refractivity (Wildman–Crippen MR) is 116 cm³/mol. The van der Waals surface area contributed by atoms with Crippen LogP contribution in [-0.2, 0) is 0 Å². The number of hydrogen-bond donors (Lipinski definition) is 0. The van der Waals surface area contributed by atoms with Crippen molar-refractivity contribution in [3.8, 4) is 0 Å². The third-order valence-electron chi connectivity index (χ3n) is 4.70. The molecule has 0 aliphatic heterocycles. The zero-order valence-corrected chi connectivity index (χ0v) is 16.1. The van der Waals surface area contributed by atoms with Crippen molar-refractivity contribution in [2.45, 2.75) is 0 Å². The van der Waals surface area contributed by atoms with Gasteiger partial charge >= 0.3 is 0 Å². The smallest absolute Gasteiger partial charge is 0.137 e. The van der Waals surface area contributed by atoms with E-state index in [9.17, 15) is 0 Å². The SMILES string of the molecule is Brc1ccc2oc3cc(N(c4ccccc4)c4ccccc4)ccc3c2c1. The Kier molecular flexibility index (Phi) is 3.95. The van der Waals surface area contributed by atoms with Gasteiger partial charge in [-0.1, -0.05) is 52.3 Å². The number of benzene rings is 4. The molecular formula is C24H16BrNO. The fourth-order valence-corrected chi connectivity index (χ4v) is 3.84. The number of rotatable bonds is 3. The van der Waals surface area contributed by atoms with Gasteiger partial charge in [0, 0.05) is 38.4 Å². The van der Waals surface area contributed by atoms with Crippen molar-refractivity contribution in [1.82, 2.24) is 0 Å². The van der Waals surface area contributed by atoms with Crippen molar-refractivity contribution in [2.75, 3.05) is 4.90 Å². The summed E-state index contributed by atoms with van der Waals surface area (Å²) < 4.78 is 7.18. The molecule has 0 N–H and O–H groups in total. The van der Waals surface area contributed by atoms with Crippen molar-refractivity contribution in [3.63, 3.8) is 0 Å². The summed E-state index contributed by atoms with van der Waals surface area (Å²) in [6.07, 6.45) is 0. The normalized spacial score (nSPS) is 11.1. The molecule has 2 nitrogen and oxygen atoms in total. The van der Waals surface area contributed by atoms with Crippen LogP contribution in [0.2, 0.25) is 0 Å². The minimum Gasteiger partial charge on any atom is -0.456 e. The van der Waals surface area contributed by atoms with Crippen LogP contribution in [0.25, 0.3) is 21.9 Å². The van der Waals surface area contributed by atoms with Crippen molar-refractivity contribution in [1.29, 1.82) is 0 Å². The molecule has 1 heterocycles. The highest BCUT2D eigenvalue weighted by Crippen LogP contribution is 2.38. The Morgan fingerprint density at radius 3 is 1.89 bits per heavy atom. The van der Waals surface area contributed by atoms with Crippen LogP contribution in [0.15, 0.2) is 106 Å². The lowest BCUT2D eigenvalue weighted by Crippen LogP contribution is -2.09. The number of nitrogens with zero attached hydrogens (tertiary/aromatic N) is 1. The van der Waals surface area contributed by atoms with Crippen LogP contribution in [0.4, 0.5) is 17.1 Å². The van der Waals surface area contributed by atoms with Gasteiger partial charge in [-0.15, -0.1) is 0 Å². The van der Waals surface area contributed by atoms with Crippen LogP contribution in [0.3, 0.4) is 0 Å². The zero-order valence-electron chi connectivity index (χ0n) is 14.5. The average molecular weight is 414 g/mol. The highest BCUT2D eigenvalue weighted by Gasteiger charge is 2.14. The van der Waals surface area contributed by atoms with Gasteiger partial charge in [0.1, 0.15) is 11.2 Å². The molecule has 0 saturated carbocycles. The van der Waals surface area contributed by atoms with E-state index in [1.807, 2.05) is 24.3 Å². The van der Waals surface area contributed by atoms with E-state index in [0.717, 1.165) is 43.5 Å². The van der Waals surface area contributed by atoms with Crippen molar-refractivity contribution >= 4 is 54.9 Å². The molecule has 3 heteroatoms. The van der Waals surface area contributed by atoms with E-state index in [2.05, 4.69) is 93.6 Å². The molecule has 0 spiro atoms. The molecule has 5 rings (SSSR count). The largest absolute Gasteiger partial charge is 0.456 e. The van der Waals surface area contributed by atoms with E-state index in [1.165, 1.54) is 0 Å². The maximum atomic E-state index is 6.12. The quantitative estimate of drug-likeness (QED) is 0.299. The molecule has 0 aliphatic rings. The summed E-state index contributed by atoms with van der Waals surface area (Å²) in [5.41, 5.74) is 5.08. The molecule has 27 heavy (non-hydrogen) atoms. The number of para-hydroxylation sites is 2. The molecule has 4 aromatic carbocycles. The highest BCUT2D eigenvalue weighted by molar-refractivity contribution is 9.10. The first-order valence-electron chi connectivity index (χ1n) is 8.82. The second-order valence-electron chi connectivity index (χ2n) is 6.43. The molecule has 0 saturated heterocycles. The third-order valence-corrected chi connectivity index (χ3v) is 5.20. The van der Waals surface area contributed by atoms with Gasteiger partial charge in [0.2, 0.25) is 0 Å². The van der Waals surface area contributed by atoms with Gasteiger partial charge in [-0.3, -0.25) is 0 Å². The molecule has 0 unspecified atom stereocenters. The molecule has 1 aromatic heterocycles. The van der Waals surface area contributed by atoms with Crippen molar-refractivity contribution < 1.29 is 4.42 Å². The first-order chi connectivity index (χ1) is 13.3. The molecule has 5 aromatic rings. The fourth-order valence-electron chi connectivity index (χ4n) is 3.48. The Labute approximate surface area is 165 Å². The minimum absolute atomic E-state index is 0.887.